The Morgan fingerprint density at radius 3 is 0.662 bits per heavy atom. The van der Waals surface area contributed by atoms with E-state index in [2.05, 4.69) is 0 Å². The quantitative estimate of drug-likeness (QED) is 0.0726. The molecule has 1 saturated heterocycles. The molecule has 0 aliphatic carbocycles. The number of aliphatic carboxylic acids is 4. The molecule has 4 atom stereocenters. The van der Waals surface area contributed by atoms with Crippen molar-refractivity contribution in [2.75, 3.05) is 52.4 Å². The summed E-state index contributed by atoms with van der Waals surface area (Å²) in [6.07, 6.45) is -0.125. The molecule has 0 aromatic heterocycles. The van der Waals surface area contributed by atoms with Crippen LogP contribution in [0.1, 0.15) is 22.3 Å². The van der Waals surface area contributed by atoms with Crippen molar-refractivity contribution in [3.63, 3.8) is 0 Å². The van der Waals surface area contributed by atoms with E-state index < -0.39 is 93.9 Å². The number of benzene rings is 4. The van der Waals surface area contributed by atoms with Gasteiger partial charge in [-0.2, -0.15) is 0 Å². The summed E-state index contributed by atoms with van der Waals surface area (Å²) in [7, 11) is 0. The van der Waals surface area contributed by atoms with E-state index in [9.17, 15) is 80.1 Å². The molecule has 24 heteroatoms. The fraction of sp³-hybridized carbons (Fsp3) is 0.364. The van der Waals surface area contributed by atoms with Crippen LogP contribution in [0.4, 0.5) is 22.7 Å². The number of nitrogens with zero attached hydrogens (tertiary/aromatic N) is 8. The number of hydrogen-bond donors (Lipinski definition) is 4. The van der Waals surface area contributed by atoms with E-state index >= 15 is 0 Å². The molecule has 1 heterocycles. The van der Waals surface area contributed by atoms with Crippen molar-refractivity contribution < 1.29 is 59.3 Å². The van der Waals surface area contributed by atoms with Gasteiger partial charge < -0.3 is 20.4 Å². The van der Waals surface area contributed by atoms with Gasteiger partial charge >= 0.3 is 23.9 Å². The van der Waals surface area contributed by atoms with Gasteiger partial charge in [0, 0.05) is 98.9 Å². The van der Waals surface area contributed by atoms with Crippen molar-refractivity contribution in [3.8, 4) is 0 Å². The smallest absolute Gasteiger partial charge is 0.317 e. The van der Waals surface area contributed by atoms with Gasteiger partial charge in [-0.3, -0.25) is 79.2 Å². The molecular formula is C44H48N8O16. The Morgan fingerprint density at radius 1 is 0.368 bits per heavy atom. The maximum atomic E-state index is 12.8. The zero-order valence-corrected chi connectivity index (χ0v) is 36.3. The summed E-state index contributed by atoms with van der Waals surface area (Å²) >= 11 is 0. The molecule has 5 rings (SSSR count). The van der Waals surface area contributed by atoms with Crippen molar-refractivity contribution in [1.82, 2.24) is 19.6 Å². The standard InChI is InChI=1S/C44H48N8O16/c53-41(54)25-45-22-38(18-30-3-11-34(12-4-30)50(63)64)47(27-43(57)58)24-40(20-32-7-15-36(16-8-32)52(67)68)48(28-44(59)60)23-39(19-31-5-13-35(14-6-31)51(65)66)46(26-42(55)56)21-37(45)17-29-1-9-33(10-2-29)49(61)62/h1-16,37-40H,17-28H2,(H,53,54)(H,55,56)(H,57,58)(H,59,60)/t37-,38-,39-,40-/m0/s1. The van der Waals surface area contributed by atoms with Gasteiger partial charge in [-0.05, 0) is 47.9 Å². The number of non-ortho nitro benzene ring substituents is 4. The van der Waals surface area contributed by atoms with Gasteiger partial charge in [-0.1, -0.05) is 48.5 Å². The fourth-order valence-corrected chi connectivity index (χ4v) is 8.49. The second kappa shape index (κ2) is 23.6. The van der Waals surface area contributed by atoms with Gasteiger partial charge in [0.05, 0.1) is 45.9 Å². The Bertz CT molecular complexity index is 2120. The minimum absolute atomic E-state index is 0.0313. The molecule has 4 N–H and O–H groups in total. The maximum Gasteiger partial charge on any atom is 0.317 e. The second-order valence-corrected chi connectivity index (χ2v) is 16.4. The molecule has 24 nitrogen and oxygen atoms in total. The topological polar surface area (TPSA) is 335 Å². The van der Waals surface area contributed by atoms with Gasteiger partial charge in [-0.25, -0.2) is 0 Å². The van der Waals surface area contributed by atoms with Crippen LogP contribution >= 0.6 is 0 Å². The van der Waals surface area contributed by atoms with Crippen LogP contribution in [0, 0.1) is 40.5 Å². The average Bonchev–Trinajstić information content (AvgIpc) is 3.26. The molecule has 0 amide bonds. The molecule has 0 saturated carbocycles. The lowest BCUT2D eigenvalue weighted by Crippen LogP contribution is -2.61. The molecule has 0 unspecified atom stereocenters. The Labute approximate surface area is 386 Å². The van der Waals surface area contributed by atoms with Gasteiger partial charge in [0.25, 0.3) is 22.7 Å². The second-order valence-electron chi connectivity index (χ2n) is 16.4. The van der Waals surface area contributed by atoms with Crippen molar-refractivity contribution in [3.05, 3.63) is 160 Å². The predicted molar refractivity (Wildman–Crippen MR) is 239 cm³/mol. The summed E-state index contributed by atoms with van der Waals surface area (Å²) in [5, 5.41) is 88.1. The predicted octanol–water partition coefficient (Wildman–Crippen LogP) is 3.62. The summed E-state index contributed by atoms with van der Waals surface area (Å²) in [5.41, 5.74) is 0.982. The Morgan fingerprint density at radius 2 is 0.529 bits per heavy atom. The molecule has 1 aliphatic heterocycles. The average molecular weight is 945 g/mol. The normalized spacial score (nSPS) is 18.9. The molecule has 0 bridgehead atoms. The highest BCUT2D eigenvalue weighted by Crippen LogP contribution is 2.26. The van der Waals surface area contributed by atoms with E-state index in [1.54, 1.807) is 0 Å². The zero-order chi connectivity index (χ0) is 49.7. The number of carboxylic acid groups (broad SMARTS) is 4. The minimum atomic E-state index is -1.32. The summed E-state index contributed by atoms with van der Waals surface area (Å²) in [5.74, 6) is -5.28. The molecule has 4 aromatic carbocycles. The number of carboxylic acids is 4. The van der Waals surface area contributed by atoms with Gasteiger partial charge in [0.1, 0.15) is 0 Å². The number of hydrogen-bond acceptors (Lipinski definition) is 16. The van der Waals surface area contributed by atoms with E-state index in [0.717, 1.165) is 0 Å². The van der Waals surface area contributed by atoms with Crippen LogP contribution in [-0.4, -0.2) is 160 Å². The van der Waals surface area contributed by atoms with E-state index in [1.807, 2.05) is 0 Å². The molecule has 360 valence electrons. The van der Waals surface area contributed by atoms with E-state index in [0.29, 0.717) is 22.3 Å². The minimum Gasteiger partial charge on any atom is -0.480 e. The summed E-state index contributed by atoms with van der Waals surface area (Å²) in [6.45, 7) is -3.64. The Balaban J connectivity index is 1.77. The van der Waals surface area contributed by atoms with Crippen molar-refractivity contribution >= 4 is 46.6 Å². The van der Waals surface area contributed by atoms with E-state index in [4.69, 9.17) is 0 Å². The maximum absolute atomic E-state index is 12.8. The van der Waals surface area contributed by atoms with E-state index in [1.165, 1.54) is 117 Å². The first kappa shape index (κ1) is 51.2. The highest BCUT2D eigenvalue weighted by atomic mass is 16.6. The summed E-state index contributed by atoms with van der Waals surface area (Å²) < 4.78 is 0. The Kier molecular flexibility index (Phi) is 17.8. The lowest BCUT2D eigenvalue weighted by Gasteiger charge is -2.45. The molecular weight excluding hydrogens is 897 g/mol. The number of carbonyl (C=O) groups is 4. The van der Waals surface area contributed by atoms with Crippen molar-refractivity contribution in [2.24, 2.45) is 0 Å². The largest absolute Gasteiger partial charge is 0.480 e. The lowest BCUT2D eigenvalue weighted by atomic mass is 9.95. The van der Waals surface area contributed by atoms with Crippen molar-refractivity contribution in [1.29, 1.82) is 0 Å². The monoisotopic (exact) mass is 944 g/mol. The van der Waals surface area contributed by atoms with Crippen LogP contribution in [0.5, 0.6) is 0 Å². The SMILES string of the molecule is O=C(O)CN1C[C@H](Cc2ccc([N+](=O)[O-])cc2)N(CC(=O)O)C[C@H](Cc2ccc([N+](=O)[O-])cc2)N(CC(=O)O)C[C@H](Cc2ccc([N+](=O)[O-])cc2)N(CC(=O)O)C[C@@H]1Cc1ccc([N+](=O)[O-])cc1. The first-order valence-corrected chi connectivity index (χ1v) is 21.0. The van der Waals surface area contributed by atoms with Crippen LogP contribution in [0.15, 0.2) is 97.1 Å². The third-order valence-electron chi connectivity index (χ3n) is 11.7. The summed E-state index contributed by atoms with van der Waals surface area (Å²) in [4.78, 5) is 101. The third-order valence-corrected chi connectivity index (χ3v) is 11.7. The van der Waals surface area contributed by atoms with Crippen LogP contribution < -0.4 is 0 Å². The number of rotatable bonds is 20. The zero-order valence-electron chi connectivity index (χ0n) is 36.3. The third kappa shape index (κ3) is 15.1. The molecule has 0 radical (unpaired) electrons. The number of nitro benzene ring substituents is 4. The van der Waals surface area contributed by atoms with Gasteiger partial charge in [-0.15, -0.1) is 0 Å². The molecule has 1 aliphatic rings. The summed E-state index contributed by atoms with van der Waals surface area (Å²) in [6, 6.07) is 17.9. The van der Waals surface area contributed by atoms with Gasteiger partial charge in [0.15, 0.2) is 0 Å². The first-order chi connectivity index (χ1) is 32.2. The van der Waals surface area contributed by atoms with Crippen LogP contribution in [0.25, 0.3) is 0 Å². The lowest BCUT2D eigenvalue weighted by molar-refractivity contribution is -0.385. The first-order valence-electron chi connectivity index (χ1n) is 21.0. The highest BCUT2D eigenvalue weighted by Gasteiger charge is 2.37. The van der Waals surface area contributed by atoms with Crippen molar-refractivity contribution in [2.45, 2.75) is 49.9 Å². The molecule has 0 spiro atoms. The Hall–Kier alpha value is -7.80. The van der Waals surface area contributed by atoms with Crippen LogP contribution in [-0.2, 0) is 44.9 Å². The number of nitro groups is 4. The van der Waals surface area contributed by atoms with Crippen LogP contribution in [0.3, 0.4) is 0 Å². The fourth-order valence-electron chi connectivity index (χ4n) is 8.49. The van der Waals surface area contributed by atoms with E-state index in [-0.39, 0.29) is 74.6 Å². The highest BCUT2D eigenvalue weighted by molar-refractivity contribution is 5.70. The molecule has 1 fully saturated rings. The molecule has 68 heavy (non-hydrogen) atoms. The van der Waals surface area contributed by atoms with Gasteiger partial charge in [0.2, 0.25) is 0 Å². The molecule has 4 aromatic rings. The van der Waals surface area contributed by atoms with Crippen LogP contribution in [0.2, 0.25) is 0 Å².